The molecular weight excluding hydrogens is 256 g/mol. The molecule has 19 heavy (non-hydrogen) atoms. The Bertz CT molecular complexity index is 452. The number of thiophene rings is 1. The van der Waals surface area contributed by atoms with Crippen LogP contribution >= 0.6 is 11.3 Å². The van der Waals surface area contributed by atoms with Crippen LogP contribution < -0.4 is 5.32 Å². The van der Waals surface area contributed by atoms with Gasteiger partial charge >= 0.3 is 0 Å². The van der Waals surface area contributed by atoms with Crippen molar-refractivity contribution in [3.8, 4) is 0 Å². The van der Waals surface area contributed by atoms with Crippen LogP contribution in [0.4, 0.5) is 0 Å². The van der Waals surface area contributed by atoms with Crippen molar-refractivity contribution < 1.29 is 4.42 Å². The molecule has 2 unspecified atom stereocenters. The molecule has 2 aromatic heterocycles. The maximum atomic E-state index is 5.38. The van der Waals surface area contributed by atoms with Crippen LogP contribution in [0.5, 0.6) is 0 Å². The molecule has 3 nitrogen and oxygen atoms in total. The third kappa shape index (κ3) is 3.93. The average molecular weight is 278 g/mol. The zero-order valence-electron chi connectivity index (χ0n) is 11.8. The molecule has 0 fully saturated rings. The van der Waals surface area contributed by atoms with Crippen molar-refractivity contribution in [3.05, 3.63) is 46.5 Å². The zero-order valence-corrected chi connectivity index (χ0v) is 12.6. The summed E-state index contributed by atoms with van der Waals surface area (Å²) in [6.45, 7) is 6.35. The lowest BCUT2D eigenvalue weighted by atomic mass is 10.2. The van der Waals surface area contributed by atoms with E-state index in [0.717, 1.165) is 18.8 Å². The Morgan fingerprint density at radius 3 is 2.79 bits per heavy atom. The lowest BCUT2D eigenvalue weighted by Crippen LogP contribution is -2.32. The molecule has 0 aliphatic rings. The Labute approximate surface area is 119 Å². The minimum atomic E-state index is 0.264. The van der Waals surface area contributed by atoms with Crippen LogP contribution in [0.1, 0.15) is 36.6 Å². The number of rotatable bonds is 7. The van der Waals surface area contributed by atoms with Gasteiger partial charge in [-0.25, -0.2) is 0 Å². The van der Waals surface area contributed by atoms with Gasteiger partial charge in [0.1, 0.15) is 5.76 Å². The van der Waals surface area contributed by atoms with Gasteiger partial charge in [-0.3, -0.25) is 4.90 Å². The molecule has 0 saturated carbocycles. The number of nitrogens with zero attached hydrogens (tertiary/aromatic N) is 1. The second kappa shape index (κ2) is 6.89. The fourth-order valence-electron chi connectivity index (χ4n) is 2.04. The quantitative estimate of drug-likeness (QED) is 0.837. The Kier molecular flexibility index (Phi) is 5.19. The van der Waals surface area contributed by atoms with Gasteiger partial charge < -0.3 is 9.73 Å². The Morgan fingerprint density at radius 2 is 2.16 bits per heavy atom. The van der Waals surface area contributed by atoms with Gasteiger partial charge in [-0.15, -0.1) is 11.3 Å². The van der Waals surface area contributed by atoms with Crippen molar-refractivity contribution >= 4 is 11.3 Å². The first-order valence-corrected chi connectivity index (χ1v) is 7.57. The van der Waals surface area contributed by atoms with Crippen molar-refractivity contribution in [1.82, 2.24) is 10.2 Å². The SMILES string of the molecule is CC(NCCN(C)C(C)c1cccs1)c1ccco1. The van der Waals surface area contributed by atoms with Crippen molar-refractivity contribution in [1.29, 1.82) is 0 Å². The first kappa shape index (κ1) is 14.3. The van der Waals surface area contributed by atoms with Gasteiger partial charge in [-0.05, 0) is 44.5 Å². The second-order valence-corrected chi connectivity index (χ2v) is 5.84. The van der Waals surface area contributed by atoms with E-state index in [0.29, 0.717) is 6.04 Å². The van der Waals surface area contributed by atoms with E-state index >= 15 is 0 Å². The molecule has 104 valence electrons. The molecule has 0 bridgehead atoms. The third-order valence-corrected chi connectivity index (χ3v) is 4.54. The molecule has 4 heteroatoms. The molecular formula is C15H22N2OS. The predicted octanol–water partition coefficient (Wildman–Crippen LogP) is 3.68. The average Bonchev–Trinajstić information content (AvgIpc) is 3.10. The number of nitrogens with one attached hydrogen (secondary N) is 1. The van der Waals surface area contributed by atoms with Gasteiger partial charge in [0.25, 0.3) is 0 Å². The van der Waals surface area contributed by atoms with E-state index in [1.807, 2.05) is 23.5 Å². The summed E-state index contributed by atoms with van der Waals surface area (Å²) in [5.74, 6) is 0.994. The summed E-state index contributed by atoms with van der Waals surface area (Å²) in [4.78, 5) is 3.79. The van der Waals surface area contributed by atoms with Crippen molar-refractivity contribution in [3.63, 3.8) is 0 Å². The summed E-state index contributed by atoms with van der Waals surface area (Å²) >= 11 is 1.82. The van der Waals surface area contributed by atoms with Gasteiger partial charge in [0.2, 0.25) is 0 Å². The molecule has 0 radical (unpaired) electrons. The summed E-state index contributed by atoms with van der Waals surface area (Å²) in [5.41, 5.74) is 0. The zero-order chi connectivity index (χ0) is 13.7. The van der Waals surface area contributed by atoms with E-state index < -0.39 is 0 Å². The molecule has 0 aliphatic heterocycles. The van der Waals surface area contributed by atoms with Gasteiger partial charge in [0.15, 0.2) is 0 Å². The molecule has 0 aliphatic carbocycles. The van der Waals surface area contributed by atoms with E-state index in [2.05, 4.69) is 48.6 Å². The highest BCUT2D eigenvalue weighted by Gasteiger charge is 2.13. The molecule has 2 atom stereocenters. The van der Waals surface area contributed by atoms with Gasteiger partial charge in [0.05, 0.1) is 12.3 Å². The summed E-state index contributed by atoms with van der Waals surface area (Å²) in [5, 5.41) is 5.62. The van der Waals surface area contributed by atoms with Crippen LogP contribution in [0.25, 0.3) is 0 Å². The van der Waals surface area contributed by atoms with E-state index in [1.165, 1.54) is 4.88 Å². The highest BCUT2D eigenvalue weighted by atomic mass is 32.1. The largest absolute Gasteiger partial charge is 0.468 e. The summed E-state index contributed by atoms with van der Waals surface area (Å²) < 4.78 is 5.38. The van der Waals surface area contributed by atoms with E-state index in [-0.39, 0.29) is 6.04 Å². The van der Waals surface area contributed by atoms with Crippen LogP contribution in [-0.2, 0) is 0 Å². The maximum Gasteiger partial charge on any atom is 0.120 e. The molecule has 0 amide bonds. The lowest BCUT2D eigenvalue weighted by molar-refractivity contribution is 0.259. The lowest BCUT2D eigenvalue weighted by Gasteiger charge is -2.24. The van der Waals surface area contributed by atoms with Gasteiger partial charge in [-0.1, -0.05) is 6.07 Å². The van der Waals surface area contributed by atoms with Crippen molar-refractivity contribution in [2.24, 2.45) is 0 Å². The van der Waals surface area contributed by atoms with Gasteiger partial charge in [-0.2, -0.15) is 0 Å². The first-order valence-electron chi connectivity index (χ1n) is 6.69. The second-order valence-electron chi connectivity index (χ2n) is 4.86. The summed E-state index contributed by atoms with van der Waals surface area (Å²) in [6, 6.07) is 8.99. The number of hydrogen-bond donors (Lipinski definition) is 1. The van der Waals surface area contributed by atoms with Crippen LogP contribution in [0.3, 0.4) is 0 Å². The normalized spacial score (nSPS) is 14.7. The minimum absolute atomic E-state index is 0.264. The first-order chi connectivity index (χ1) is 9.18. The minimum Gasteiger partial charge on any atom is -0.468 e. The predicted molar refractivity (Wildman–Crippen MR) is 80.5 cm³/mol. The smallest absolute Gasteiger partial charge is 0.120 e. The van der Waals surface area contributed by atoms with Crippen LogP contribution in [0.2, 0.25) is 0 Å². The third-order valence-electron chi connectivity index (χ3n) is 3.50. The Hall–Kier alpha value is -1.10. The van der Waals surface area contributed by atoms with E-state index in [1.54, 1.807) is 6.26 Å². The number of furan rings is 1. The monoisotopic (exact) mass is 278 g/mol. The Morgan fingerprint density at radius 1 is 1.32 bits per heavy atom. The molecule has 0 saturated heterocycles. The Balaban J connectivity index is 1.73. The molecule has 2 heterocycles. The standard InChI is InChI=1S/C15H22N2OS/c1-12(14-6-4-10-18-14)16-8-9-17(3)13(2)15-7-5-11-19-15/h4-7,10-13,16H,8-9H2,1-3H3. The molecule has 2 rings (SSSR count). The van der Waals surface area contributed by atoms with Crippen LogP contribution in [0, 0.1) is 0 Å². The van der Waals surface area contributed by atoms with Crippen molar-refractivity contribution in [2.75, 3.05) is 20.1 Å². The van der Waals surface area contributed by atoms with E-state index in [4.69, 9.17) is 4.42 Å². The van der Waals surface area contributed by atoms with Crippen molar-refractivity contribution in [2.45, 2.75) is 25.9 Å². The number of hydrogen-bond acceptors (Lipinski definition) is 4. The van der Waals surface area contributed by atoms with E-state index in [9.17, 15) is 0 Å². The number of likely N-dealkylation sites (N-methyl/N-ethyl adjacent to an activating group) is 1. The summed E-state index contributed by atoms with van der Waals surface area (Å²) in [7, 11) is 2.17. The fourth-order valence-corrected chi connectivity index (χ4v) is 2.88. The fraction of sp³-hybridized carbons (Fsp3) is 0.467. The molecule has 1 N–H and O–H groups in total. The molecule has 2 aromatic rings. The molecule has 0 aromatic carbocycles. The van der Waals surface area contributed by atoms with Crippen LogP contribution in [0.15, 0.2) is 40.3 Å². The highest BCUT2D eigenvalue weighted by Crippen LogP contribution is 2.22. The maximum absolute atomic E-state index is 5.38. The highest BCUT2D eigenvalue weighted by molar-refractivity contribution is 7.10. The topological polar surface area (TPSA) is 28.4 Å². The molecule has 0 spiro atoms. The van der Waals surface area contributed by atoms with Gasteiger partial charge in [0, 0.05) is 24.0 Å². The summed E-state index contributed by atoms with van der Waals surface area (Å²) in [6.07, 6.45) is 1.72. The van der Waals surface area contributed by atoms with Crippen LogP contribution in [-0.4, -0.2) is 25.0 Å².